The van der Waals surface area contributed by atoms with Crippen LogP contribution < -0.4 is 0 Å². The van der Waals surface area contributed by atoms with Crippen LogP contribution in [0.25, 0.3) is 11.0 Å². The number of nitrogens with zero attached hydrogens (tertiary/aromatic N) is 1. The van der Waals surface area contributed by atoms with E-state index in [2.05, 4.69) is 0 Å². The molecule has 1 aromatic carbocycles. The van der Waals surface area contributed by atoms with Gasteiger partial charge >= 0.3 is 5.97 Å². The third-order valence-corrected chi connectivity index (χ3v) is 4.55. The molecule has 1 aromatic heterocycles. The lowest BCUT2D eigenvalue weighted by molar-refractivity contribution is -0.140. The molecule has 0 spiro atoms. The SMILES string of the molecule is Cc1c(C(=O)N2CSC[C@H]2C(=O)O)oc2c(F)cccc12. The third kappa shape index (κ3) is 2.17. The smallest absolute Gasteiger partial charge is 0.327 e. The quantitative estimate of drug-likeness (QED) is 0.923. The summed E-state index contributed by atoms with van der Waals surface area (Å²) in [6.45, 7) is 1.66. The van der Waals surface area contributed by atoms with Crippen molar-refractivity contribution >= 4 is 34.6 Å². The number of fused-ring (bicyclic) bond motifs is 1. The van der Waals surface area contributed by atoms with E-state index in [4.69, 9.17) is 9.52 Å². The topological polar surface area (TPSA) is 70.8 Å². The molecule has 0 saturated carbocycles. The van der Waals surface area contributed by atoms with Gasteiger partial charge in [-0.2, -0.15) is 0 Å². The van der Waals surface area contributed by atoms with Gasteiger partial charge in [0.15, 0.2) is 17.2 Å². The number of carboxylic acids is 1. The zero-order valence-corrected chi connectivity index (χ0v) is 11.9. The standard InChI is InChI=1S/C14H12FNO4S/c1-7-8-3-2-4-9(15)12(8)20-11(7)13(17)16-6-21-5-10(16)14(18)19/h2-4,10H,5-6H2,1H3,(H,18,19)/t10-/m0/s1. The van der Waals surface area contributed by atoms with Crippen molar-refractivity contribution in [2.24, 2.45) is 0 Å². The molecule has 1 aliphatic rings. The summed E-state index contributed by atoms with van der Waals surface area (Å²) in [5.41, 5.74) is 0.549. The van der Waals surface area contributed by atoms with Crippen LogP contribution in [-0.4, -0.2) is 39.6 Å². The molecule has 2 aromatic rings. The summed E-state index contributed by atoms with van der Waals surface area (Å²) in [5, 5.41) is 9.66. The van der Waals surface area contributed by atoms with Crippen LogP contribution in [0.4, 0.5) is 4.39 Å². The molecule has 7 heteroatoms. The molecule has 1 atom stereocenters. The molecule has 2 heterocycles. The highest BCUT2D eigenvalue weighted by Crippen LogP contribution is 2.30. The minimum absolute atomic E-state index is 0.00356. The summed E-state index contributed by atoms with van der Waals surface area (Å²) >= 11 is 1.37. The zero-order valence-electron chi connectivity index (χ0n) is 11.1. The Morgan fingerprint density at radius 3 is 2.90 bits per heavy atom. The predicted octanol–water partition coefficient (Wildman–Crippen LogP) is 2.48. The predicted molar refractivity (Wildman–Crippen MR) is 75.8 cm³/mol. The number of benzene rings is 1. The highest BCUT2D eigenvalue weighted by Gasteiger charge is 2.37. The van der Waals surface area contributed by atoms with Gasteiger partial charge in [-0.05, 0) is 13.0 Å². The van der Waals surface area contributed by atoms with Crippen molar-refractivity contribution in [3.63, 3.8) is 0 Å². The lowest BCUT2D eigenvalue weighted by atomic mass is 10.1. The second-order valence-corrected chi connectivity index (χ2v) is 5.80. The molecule has 21 heavy (non-hydrogen) atoms. The Morgan fingerprint density at radius 2 is 2.24 bits per heavy atom. The van der Waals surface area contributed by atoms with Gasteiger partial charge in [0.1, 0.15) is 6.04 Å². The number of carboxylic acid groups (broad SMARTS) is 1. The molecule has 0 bridgehead atoms. The molecule has 1 saturated heterocycles. The fraction of sp³-hybridized carbons (Fsp3) is 0.286. The number of rotatable bonds is 2. The number of amides is 1. The average molecular weight is 309 g/mol. The first-order valence-corrected chi connectivity index (χ1v) is 7.45. The molecule has 1 aliphatic heterocycles. The van der Waals surface area contributed by atoms with Crippen LogP contribution in [0.5, 0.6) is 0 Å². The third-order valence-electron chi connectivity index (χ3n) is 3.54. The van der Waals surface area contributed by atoms with Crippen LogP contribution in [0.2, 0.25) is 0 Å². The monoisotopic (exact) mass is 309 g/mol. The second kappa shape index (κ2) is 5.07. The molecular formula is C14H12FNO4S. The molecule has 0 aliphatic carbocycles. The van der Waals surface area contributed by atoms with Crippen molar-refractivity contribution in [2.75, 3.05) is 11.6 Å². The Bertz CT molecular complexity index is 742. The highest BCUT2D eigenvalue weighted by molar-refractivity contribution is 7.99. The Kier molecular flexibility index (Phi) is 3.36. The fourth-order valence-electron chi connectivity index (χ4n) is 2.39. The molecule has 1 fully saturated rings. The van der Waals surface area contributed by atoms with Gasteiger partial charge in [0, 0.05) is 16.7 Å². The second-order valence-electron chi connectivity index (χ2n) is 4.80. The minimum atomic E-state index is -1.05. The molecule has 5 nitrogen and oxygen atoms in total. The number of aliphatic carboxylic acids is 1. The fourth-order valence-corrected chi connectivity index (χ4v) is 3.54. The molecule has 0 radical (unpaired) electrons. The van der Waals surface area contributed by atoms with Crippen LogP contribution in [-0.2, 0) is 4.79 Å². The molecule has 1 N–H and O–H groups in total. The maximum atomic E-state index is 13.7. The van der Waals surface area contributed by atoms with E-state index < -0.39 is 23.7 Å². The summed E-state index contributed by atoms with van der Waals surface area (Å²) in [6.07, 6.45) is 0. The van der Waals surface area contributed by atoms with Crippen LogP contribution in [0.15, 0.2) is 22.6 Å². The van der Waals surface area contributed by atoms with Crippen molar-refractivity contribution < 1.29 is 23.5 Å². The zero-order chi connectivity index (χ0) is 15.1. The number of halogens is 1. The maximum absolute atomic E-state index is 13.7. The van der Waals surface area contributed by atoms with Gasteiger partial charge in [-0.15, -0.1) is 11.8 Å². The summed E-state index contributed by atoms with van der Waals surface area (Å²) < 4.78 is 19.1. The first-order valence-electron chi connectivity index (χ1n) is 6.30. The number of para-hydroxylation sites is 1. The van der Waals surface area contributed by atoms with E-state index in [1.807, 2.05) is 0 Å². The van der Waals surface area contributed by atoms with E-state index in [1.165, 1.54) is 22.7 Å². The number of furan rings is 1. The van der Waals surface area contributed by atoms with Crippen LogP contribution in [0, 0.1) is 12.7 Å². The lowest BCUT2D eigenvalue weighted by Gasteiger charge is -2.19. The van der Waals surface area contributed by atoms with E-state index in [9.17, 15) is 14.0 Å². The van der Waals surface area contributed by atoms with Crippen LogP contribution in [0.3, 0.4) is 0 Å². The number of thioether (sulfide) groups is 1. The number of carbonyl (C=O) groups excluding carboxylic acids is 1. The average Bonchev–Trinajstić information content (AvgIpc) is 3.05. The summed E-state index contributed by atoms with van der Waals surface area (Å²) in [7, 11) is 0. The minimum Gasteiger partial charge on any atom is -0.480 e. The van der Waals surface area contributed by atoms with Gasteiger partial charge in [-0.25, -0.2) is 9.18 Å². The van der Waals surface area contributed by atoms with Crippen LogP contribution >= 0.6 is 11.8 Å². The number of aryl methyl sites for hydroxylation is 1. The number of hydrogen-bond donors (Lipinski definition) is 1. The number of hydrogen-bond acceptors (Lipinski definition) is 4. The van der Waals surface area contributed by atoms with E-state index in [1.54, 1.807) is 19.1 Å². The Labute approximate surface area is 123 Å². The first-order chi connectivity index (χ1) is 10.0. The molecule has 1 amide bonds. The van der Waals surface area contributed by atoms with Crippen LogP contribution in [0.1, 0.15) is 16.1 Å². The molecule has 0 unspecified atom stereocenters. The van der Waals surface area contributed by atoms with Crippen molar-refractivity contribution in [1.82, 2.24) is 4.90 Å². The summed E-state index contributed by atoms with van der Waals surface area (Å²) in [6, 6.07) is 3.59. The van der Waals surface area contributed by atoms with Gasteiger partial charge in [0.25, 0.3) is 5.91 Å². The molecular weight excluding hydrogens is 297 g/mol. The van der Waals surface area contributed by atoms with Crippen molar-refractivity contribution in [2.45, 2.75) is 13.0 Å². The van der Waals surface area contributed by atoms with Gasteiger partial charge < -0.3 is 14.4 Å². The van der Waals surface area contributed by atoms with Crippen molar-refractivity contribution in [1.29, 1.82) is 0 Å². The van der Waals surface area contributed by atoms with Crippen molar-refractivity contribution in [3.8, 4) is 0 Å². The molecule has 3 rings (SSSR count). The van der Waals surface area contributed by atoms with Gasteiger partial charge in [-0.1, -0.05) is 12.1 Å². The van der Waals surface area contributed by atoms with Gasteiger partial charge in [-0.3, -0.25) is 4.79 Å². The normalized spacial score (nSPS) is 18.4. The van der Waals surface area contributed by atoms with E-state index in [0.29, 0.717) is 16.7 Å². The highest BCUT2D eigenvalue weighted by atomic mass is 32.2. The largest absolute Gasteiger partial charge is 0.480 e. The van der Waals surface area contributed by atoms with Gasteiger partial charge in [0.05, 0.1) is 5.88 Å². The summed E-state index contributed by atoms with van der Waals surface area (Å²) in [5.74, 6) is -1.47. The Balaban J connectivity index is 2.04. The van der Waals surface area contributed by atoms with E-state index in [0.717, 1.165) is 0 Å². The Morgan fingerprint density at radius 1 is 1.48 bits per heavy atom. The molecule has 110 valence electrons. The van der Waals surface area contributed by atoms with Crippen molar-refractivity contribution in [3.05, 3.63) is 35.3 Å². The van der Waals surface area contributed by atoms with Gasteiger partial charge in [0.2, 0.25) is 0 Å². The summed E-state index contributed by atoms with van der Waals surface area (Å²) in [4.78, 5) is 24.9. The lowest BCUT2D eigenvalue weighted by Crippen LogP contribution is -2.41. The first kappa shape index (κ1) is 13.9. The Hall–Kier alpha value is -2.02. The maximum Gasteiger partial charge on any atom is 0.327 e. The van der Waals surface area contributed by atoms with E-state index >= 15 is 0 Å². The van der Waals surface area contributed by atoms with E-state index in [-0.39, 0.29) is 17.2 Å². The number of carbonyl (C=O) groups is 2.